The molecule has 0 unspecified atom stereocenters. The first-order valence-corrected chi connectivity index (χ1v) is 9.62. The van der Waals surface area contributed by atoms with Gasteiger partial charge in [-0.3, -0.25) is 0 Å². The largest absolute Gasteiger partial charge is 0.437 e. The highest BCUT2D eigenvalue weighted by atomic mass is 16.5. The molecule has 2 aromatic carbocycles. The van der Waals surface area contributed by atoms with Gasteiger partial charge in [0.1, 0.15) is 13.6 Å². The maximum atomic E-state index is 5.81. The first kappa shape index (κ1) is 18.7. The SMILES string of the molecule is Bc1cnc(-c2cccc(Cn3nnc4ncc(Oc5cccc(N)c5)nc43)c2)nc1. The van der Waals surface area contributed by atoms with Crippen molar-refractivity contribution >= 4 is 30.3 Å². The van der Waals surface area contributed by atoms with Crippen molar-refractivity contribution in [1.82, 2.24) is 34.9 Å². The number of nitrogen functional groups attached to an aromatic ring is 1. The average molecular weight is 408 g/mol. The topological polar surface area (TPSA) is 118 Å². The van der Waals surface area contributed by atoms with Crippen molar-refractivity contribution in [3.8, 4) is 23.0 Å². The van der Waals surface area contributed by atoms with Crippen LogP contribution in [0.4, 0.5) is 5.69 Å². The zero-order valence-electron chi connectivity index (χ0n) is 16.7. The average Bonchev–Trinajstić information content (AvgIpc) is 3.16. The molecule has 0 atom stereocenters. The fourth-order valence-electron chi connectivity index (χ4n) is 3.12. The summed E-state index contributed by atoms with van der Waals surface area (Å²) in [5.74, 6) is 1.59. The number of aromatic nitrogens is 7. The fourth-order valence-corrected chi connectivity index (χ4v) is 3.12. The monoisotopic (exact) mass is 408 g/mol. The van der Waals surface area contributed by atoms with Crippen LogP contribution >= 0.6 is 0 Å². The van der Waals surface area contributed by atoms with Crippen LogP contribution in [0.25, 0.3) is 22.7 Å². The van der Waals surface area contributed by atoms with Crippen LogP contribution < -0.4 is 15.9 Å². The molecule has 0 radical (unpaired) electrons. The first-order chi connectivity index (χ1) is 15.1. The smallest absolute Gasteiger partial charge is 0.240 e. The van der Waals surface area contributed by atoms with E-state index in [0.29, 0.717) is 41.0 Å². The molecule has 0 aliphatic carbocycles. The summed E-state index contributed by atoms with van der Waals surface area (Å²) in [7, 11) is 1.96. The quantitative estimate of drug-likeness (QED) is 0.342. The molecule has 10 heteroatoms. The highest BCUT2D eigenvalue weighted by Crippen LogP contribution is 2.22. The Labute approximate surface area is 178 Å². The number of anilines is 1. The van der Waals surface area contributed by atoms with Crippen LogP contribution in [-0.4, -0.2) is 42.8 Å². The molecule has 9 nitrogen and oxygen atoms in total. The molecule has 3 heterocycles. The van der Waals surface area contributed by atoms with Crippen LogP contribution in [0.1, 0.15) is 5.56 Å². The number of ether oxygens (including phenoxy) is 1. The molecule has 31 heavy (non-hydrogen) atoms. The van der Waals surface area contributed by atoms with Crippen LogP contribution in [0.5, 0.6) is 11.6 Å². The Morgan fingerprint density at radius 3 is 2.65 bits per heavy atom. The summed E-state index contributed by atoms with van der Waals surface area (Å²) in [6, 6.07) is 15.1. The van der Waals surface area contributed by atoms with E-state index in [2.05, 4.69) is 30.2 Å². The lowest BCUT2D eigenvalue weighted by Gasteiger charge is -2.07. The minimum absolute atomic E-state index is 0.337. The van der Waals surface area contributed by atoms with E-state index in [0.717, 1.165) is 16.6 Å². The molecule has 0 aliphatic rings. The van der Waals surface area contributed by atoms with E-state index in [-0.39, 0.29) is 0 Å². The molecule has 0 saturated carbocycles. The molecule has 0 bridgehead atoms. The predicted molar refractivity (Wildman–Crippen MR) is 119 cm³/mol. The second-order valence-electron chi connectivity index (χ2n) is 7.06. The summed E-state index contributed by atoms with van der Waals surface area (Å²) in [4.78, 5) is 17.6. The Bertz CT molecular complexity index is 1370. The lowest BCUT2D eigenvalue weighted by atomic mass is 10.0. The summed E-state index contributed by atoms with van der Waals surface area (Å²) in [6.45, 7) is 0.465. The van der Waals surface area contributed by atoms with Gasteiger partial charge in [-0.15, -0.1) is 5.10 Å². The zero-order chi connectivity index (χ0) is 21.2. The van der Waals surface area contributed by atoms with Crippen molar-refractivity contribution in [2.45, 2.75) is 6.54 Å². The standard InChI is InChI=1S/C21H17BN8O/c22-15-9-24-19(25-10-15)14-4-1-3-13(7-14)12-30-21-20(28-29-30)26-11-18(27-21)31-17-6-2-5-16(23)8-17/h1-11H,12,22-23H2. The summed E-state index contributed by atoms with van der Waals surface area (Å²) >= 11 is 0. The maximum Gasteiger partial charge on any atom is 0.240 e. The molecule has 150 valence electrons. The third-order valence-corrected chi connectivity index (χ3v) is 4.58. The Hall–Kier alpha value is -4.34. The highest BCUT2D eigenvalue weighted by Gasteiger charge is 2.11. The first-order valence-electron chi connectivity index (χ1n) is 9.62. The molecule has 0 fully saturated rings. The van der Waals surface area contributed by atoms with Crippen molar-refractivity contribution in [2.24, 2.45) is 0 Å². The van der Waals surface area contributed by atoms with E-state index in [1.165, 1.54) is 6.20 Å². The van der Waals surface area contributed by atoms with Crippen molar-refractivity contribution in [2.75, 3.05) is 5.73 Å². The van der Waals surface area contributed by atoms with E-state index in [1.54, 1.807) is 35.3 Å². The van der Waals surface area contributed by atoms with Crippen LogP contribution in [0.2, 0.25) is 0 Å². The molecular weight excluding hydrogens is 391 g/mol. The molecule has 0 amide bonds. The van der Waals surface area contributed by atoms with Crippen LogP contribution in [0.15, 0.2) is 67.1 Å². The Morgan fingerprint density at radius 1 is 0.968 bits per heavy atom. The van der Waals surface area contributed by atoms with Gasteiger partial charge in [0.15, 0.2) is 5.82 Å². The fraction of sp³-hybridized carbons (Fsp3) is 0.0476. The van der Waals surface area contributed by atoms with Gasteiger partial charge in [-0.25, -0.2) is 19.6 Å². The summed E-state index contributed by atoms with van der Waals surface area (Å²) in [5, 5.41) is 8.31. The zero-order valence-corrected chi connectivity index (χ0v) is 16.7. The van der Waals surface area contributed by atoms with Crippen LogP contribution in [-0.2, 0) is 6.54 Å². The summed E-state index contributed by atoms with van der Waals surface area (Å²) < 4.78 is 7.47. The van der Waals surface area contributed by atoms with Crippen molar-refractivity contribution in [3.63, 3.8) is 0 Å². The van der Waals surface area contributed by atoms with E-state index in [9.17, 15) is 0 Å². The number of fused-ring (bicyclic) bond motifs is 1. The molecule has 3 aromatic heterocycles. The van der Waals surface area contributed by atoms with Gasteiger partial charge < -0.3 is 10.5 Å². The van der Waals surface area contributed by atoms with E-state index >= 15 is 0 Å². The molecule has 0 aliphatic heterocycles. The third kappa shape index (κ3) is 4.04. The summed E-state index contributed by atoms with van der Waals surface area (Å²) in [6.07, 6.45) is 5.12. The molecular formula is C21H17BN8O. The van der Waals surface area contributed by atoms with Gasteiger partial charge in [-0.1, -0.05) is 34.9 Å². The van der Waals surface area contributed by atoms with Crippen molar-refractivity contribution in [1.29, 1.82) is 0 Å². The van der Waals surface area contributed by atoms with E-state index < -0.39 is 0 Å². The number of rotatable bonds is 5. The molecule has 5 rings (SSSR count). The minimum atomic E-state index is 0.337. The normalized spacial score (nSPS) is 11.0. The highest BCUT2D eigenvalue weighted by molar-refractivity contribution is 6.31. The second kappa shape index (κ2) is 7.83. The third-order valence-electron chi connectivity index (χ3n) is 4.58. The van der Waals surface area contributed by atoms with Crippen molar-refractivity contribution < 1.29 is 4.74 Å². The Kier molecular flexibility index (Phi) is 4.72. The molecule has 2 N–H and O–H groups in total. The summed E-state index contributed by atoms with van der Waals surface area (Å²) in [5.41, 5.74) is 10.3. The van der Waals surface area contributed by atoms with E-state index in [1.807, 2.05) is 38.2 Å². The van der Waals surface area contributed by atoms with Gasteiger partial charge in [0, 0.05) is 29.7 Å². The van der Waals surface area contributed by atoms with Gasteiger partial charge in [0.05, 0.1) is 12.7 Å². The minimum Gasteiger partial charge on any atom is -0.437 e. The number of hydrogen-bond donors (Lipinski definition) is 1. The van der Waals surface area contributed by atoms with Gasteiger partial charge in [0.25, 0.3) is 0 Å². The second-order valence-corrected chi connectivity index (χ2v) is 7.06. The van der Waals surface area contributed by atoms with E-state index in [4.69, 9.17) is 10.5 Å². The van der Waals surface area contributed by atoms with Crippen molar-refractivity contribution in [3.05, 3.63) is 72.7 Å². The van der Waals surface area contributed by atoms with Crippen LogP contribution in [0, 0.1) is 0 Å². The maximum absolute atomic E-state index is 5.81. The lowest BCUT2D eigenvalue weighted by molar-refractivity contribution is 0.461. The van der Waals surface area contributed by atoms with Gasteiger partial charge in [-0.05, 0) is 23.8 Å². The van der Waals surface area contributed by atoms with Gasteiger partial charge in [0.2, 0.25) is 17.2 Å². The number of nitrogens with two attached hydrogens (primary N) is 1. The molecule has 0 saturated heterocycles. The van der Waals surface area contributed by atoms with Gasteiger partial charge >= 0.3 is 0 Å². The number of hydrogen-bond acceptors (Lipinski definition) is 8. The predicted octanol–water partition coefficient (Wildman–Crippen LogP) is 1.36. The van der Waals surface area contributed by atoms with Gasteiger partial charge in [-0.2, -0.15) is 4.98 Å². The van der Waals surface area contributed by atoms with Crippen LogP contribution in [0.3, 0.4) is 0 Å². The lowest BCUT2D eigenvalue weighted by Crippen LogP contribution is -2.06. The Morgan fingerprint density at radius 2 is 1.81 bits per heavy atom. The number of nitrogens with zero attached hydrogens (tertiary/aromatic N) is 7. The number of benzene rings is 2. The molecule has 5 aromatic rings. The molecule has 0 spiro atoms. The Balaban J connectivity index is 1.43.